The fraction of sp³-hybridized carbons (Fsp3) is 0.276. The third-order valence-corrected chi connectivity index (χ3v) is 9.61. The van der Waals surface area contributed by atoms with Crippen LogP contribution in [0, 0.1) is 0 Å². The number of ether oxygens (including phenoxy) is 4. The molecule has 5 heterocycles. The number of aromatic nitrogens is 4. The number of methoxy groups -OCH3 is 2. The fourth-order valence-electron chi connectivity index (χ4n) is 5.23. The zero-order valence-electron chi connectivity index (χ0n) is 22.3. The van der Waals surface area contributed by atoms with E-state index in [4.69, 9.17) is 39.9 Å². The number of nitrogens with zero attached hydrogens (tertiary/aromatic N) is 4. The molecule has 12 heteroatoms. The average Bonchev–Trinajstić information content (AvgIpc) is 3.80. The zero-order valence-corrected chi connectivity index (χ0v) is 24.6. The molecule has 0 aliphatic carbocycles. The molecular formula is C29H25ClN4O5S2. The lowest BCUT2D eigenvalue weighted by atomic mass is 9.74. The average molecular weight is 609 g/mol. The van der Waals surface area contributed by atoms with Crippen molar-refractivity contribution in [3.63, 3.8) is 0 Å². The summed E-state index contributed by atoms with van der Waals surface area (Å²) in [6, 6.07) is 13.7. The van der Waals surface area contributed by atoms with E-state index in [9.17, 15) is 0 Å². The summed E-state index contributed by atoms with van der Waals surface area (Å²) in [5.41, 5.74) is 3.21. The van der Waals surface area contributed by atoms with Gasteiger partial charge >= 0.3 is 0 Å². The first-order valence-corrected chi connectivity index (χ1v) is 15.1. The second kappa shape index (κ2) is 10.6. The molecule has 210 valence electrons. The largest absolute Gasteiger partial charge is 0.496 e. The van der Waals surface area contributed by atoms with Crippen LogP contribution < -0.4 is 14.2 Å². The molecule has 7 rings (SSSR count). The molecule has 4 aromatic heterocycles. The minimum atomic E-state index is -0.205. The maximum atomic E-state index is 6.35. The second-order valence-electron chi connectivity index (χ2n) is 9.69. The van der Waals surface area contributed by atoms with E-state index in [-0.39, 0.29) is 5.41 Å². The highest BCUT2D eigenvalue weighted by Gasteiger charge is 2.39. The molecule has 0 atom stereocenters. The summed E-state index contributed by atoms with van der Waals surface area (Å²) in [6.45, 7) is 1.68. The SMILES string of the molecule is COc1cc(OCc2csc(C3(c4ccc(Cl)cc4)CCOCC3)n2)c2cc(-c3cnc4sc(OC)nn34)oc2c1. The first-order valence-electron chi connectivity index (χ1n) is 13.0. The van der Waals surface area contributed by atoms with E-state index in [1.807, 2.05) is 30.3 Å². The first kappa shape index (κ1) is 26.3. The molecule has 0 saturated carbocycles. The van der Waals surface area contributed by atoms with E-state index < -0.39 is 0 Å². The Morgan fingerprint density at radius 1 is 1.07 bits per heavy atom. The molecule has 0 spiro atoms. The van der Waals surface area contributed by atoms with Gasteiger partial charge < -0.3 is 23.4 Å². The van der Waals surface area contributed by atoms with Crippen LogP contribution >= 0.6 is 34.3 Å². The Labute approximate surface area is 248 Å². The summed E-state index contributed by atoms with van der Waals surface area (Å²) in [5, 5.41) is 9.65. The van der Waals surface area contributed by atoms with Crippen molar-refractivity contribution >= 4 is 50.2 Å². The van der Waals surface area contributed by atoms with Gasteiger partial charge in [-0.05, 0) is 47.9 Å². The van der Waals surface area contributed by atoms with Crippen LogP contribution in [0.15, 0.2) is 58.5 Å². The van der Waals surface area contributed by atoms with E-state index in [2.05, 4.69) is 27.6 Å². The Hall–Kier alpha value is -3.64. The lowest BCUT2D eigenvalue weighted by Crippen LogP contribution is -2.35. The highest BCUT2D eigenvalue weighted by Crippen LogP contribution is 2.43. The van der Waals surface area contributed by atoms with Gasteiger partial charge in [0, 0.05) is 35.7 Å². The van der Waals surface area contributed by atoms with Gasteiger partial charge in [0.1, 0.15) is 34.4 Å². The van der Waals surface area contributed by atoms with Gasteiger partial charge in [-0.3, -0.25) is 0 Å². The topological polar surface area (TPSA) is 93.1 Å². The van der Waals surface area contributed by atoms with Gasteiger partial charge in [0.05, 0.1) is 36.9 Å². The molecule has 1 aliphatic heterocycles. The molecule has 2 aromatic carbocycles. The number of furan rings is 1. The number of hydrogen-bond acceptors (Lipinski definition) is 10. The van der Waals surface area contributed by atoms with Crippen molar-refractivity contribution in [2.24, 2.45) is 0 Å². The van der Waals surface area contributed by atoms with E-state index in [0.717, 1.165) is 34.0 Å². The van der Waals surface area contributed by atoms with E-state index in [1.165, 1.54) is 16.9 Å². The number of halogens is 1. The normalized spacial score (nSPS) is 15.0. The lowest BCUT2D eigenvalue weighted by Gasteiger charge is -2.36. The Balaban J connectivity index is 1.19. The molecule has 0 amide bonds. The number of imidazole rings is 1. The lowest BCUT2D eigenvalue weighted by molar-refractivity contribution is 0.0629. The molecule has 0 unspecified atom stereocenters. The summed E-state index contributed by atoms with van der Waals surface area (Å²) < 4.78 is 30.8. The van der Waals surface area contributed by atoms with Crippen LogP contribution in [0.4, 0.5) is 0 Å². The fourth-order valence-corrected chi connectivity index (χ4v) is 7.14. The van der Waals surface area contributed by atoms with Gasteiger partial charge in [-0.2, -0.15) is 4.52 Å². The summed E-state index contributed by atoms with van der Waals surface area (Å²) in [5.74, 6) is 1.88. The molecule has 0 bridgehead atoms. The van der Waals surface area contributed by atoms with Crippen molar-refractivity contribution in [3.05, 3.63) is 75.3 Å². The highest BCUT2D eigenvalue weighted by atomic mass is 35.5. The van der Waals surface area contributed by atoms with Gasteiger partial charge in [-0.1, -0.05) is 23.7 Å². The minimum absolute atomic E-state index is 0.205. The quantitative estimate of drug-likeness (QED) is 0.182. The Morgan fingerprint density at radius 3 is 2.68 bits per heavy atom. The third kappa shape index (κ3) is 4.72. The van der Waals surface area contributed by atoms with Gasteiger partial charge in [0.15, 0.2) is 5.76 Å². The van der Waals surface area contributed by atoms with Crippen LogP contribution in [0.1, 0.15) is 29.1 Å². The summed E-state index contributed by atoms with van der Waals surface area (Å²) in [4.78, 5) is 10.2. The van der Waals surface area contributed by atoms with Crippen molar-refractivity contribution in [1.29, 1.82) is 0 Å². The van der Waals surface area contributed by atoms with E-state index in [1.54, 1.807) is 36.3 Å². The molecule has 1 aliphatic rings. The standard InChI is InChI=1S/C29H25ClN4O5S2/c1-35-20-11-23(21-13-25(39-24(21)12-20)22-14-31-27-34(22)33-28(36-2)41-27)38-15-19-16-40-26(32-19)29(7-9-37-10-8-29)17-3-5-18(30)6-4-17/h3-6,11-14,16H,7-10,15H2,1-2H3. The zero-order chi connectivity index (χ0) is 28.0. The molecule has 1 saturated heterocycles. The van der Waals surface area contributed by atoms with E-state index >= 15 is 0 Å². The van der Waals surface area contributed by atoms with Crippen LogP contribution in [0.3, 0.4) is 0 Å². The maximum Gasteiger partial charge on any atom is 0.294 e. The molecule has 41 heavy (non-hydrogen) atoms. The van der Waals surface area contributed by atoms with Crippen LogP contribution in [-0.2, 0) is 16.8 Å². The number of benzene rings is 2. The van der Waals surface area contributed by atoms with Crippen molar-refractivity contribution in [2.75, 3.05) is 27.4 Å². The van der Waals surface area contributed by atoms with Crippen LogP contribution in [0.5, 0.6) is 16.7 Å². The van der Waals surface area contributed by atoms with Crippen molar-refractivity contribution in [1.82, 2.24) is 19.6 Å². The number of hydrogen-bond donors (Lipinski definition) is 0. The molecule has 1 fully saturated rings. The third-order valence-electron chi connectivity index (χ3n) is 7.38. The van der Waals surface area contributed by atoms with Gasteiger partial charge in [0.25, 0.3) is 5.19 Å². The molecule has 6 aromatic rings. The monoisotopic (exact) mass is 608 g/mol. The number of thiazole rings is 1. The molecule has 9 nitrogen and oxygen atoms in total. The minimum Gasteiger partial charge on any atom is -0.496 e. The van der Waals surface area contributed by atoms with Crippen molar-refractivity contribution < 1.29 is 23.4 Å². The predicted molar refractivity (Wildman–Crippen MR) is 158 cm³/mol. The number of fused-ring (bicyclic) bond motifs is 2. The maximum absolute atomic E-state index is 6.35. The molecular weight excluding hydrogens is 584 g/mol. The Kier molecular flexibility index (Phi) is 6.82. The number of rotatable bonds is 8. The van der Waals surface area contributed by atoms with Crippen molar-refractivity contribution in [3.8, 4) is 28.1 Å². The Bertz CT molecular complexity index is 1840. The predicted octanol–water partition coefficient (Wildman–Crippen LogP) is 7.01. The molecule has 0 N–H and O–H groups in total. The molecule has 0 radical (unpaired) electrons. The van der Waals surface area contributed by atoms with Gasteiger partial charge in [-0.25, -0.2) is 9.97 Å². The summed E-state index contributed by atoms with van der Waals surface area (Å²) >= 11 is 9.21. The highest BCUT2D eigenvalue weighted by molar-refractivity contribution is 7.18. The van der Waals surface area contributed by atoms with Crippen molar-refractivity contribution in [2.45, 2.75) is 24.9 Å². The van der Waals surface area contributed by atoms with Gasteiger partial charge in [0.2, 0.25) is 4.96 Å². The Morgan fingerprint density at radius 2 is 1.90 bits per heavy atom. The van der Waals surface area contributed by atoms with Gasteiger partial charge in [-0.15, -0.1) is 16.4 Å². The summed E-state index contributed by atoms with van der Waals surface area (Å²) in [6.07, 6.45) is 3.46. The van der Waals surface area contributed by atoms with E-state index in [0.29, 0.717) is 58.5 Å². The van der Waals surface area contributed by atoms with Crippen LogP contribution in [0.2, 0.25) is 5.02 Å². The smallest absolute Gasteiger partial charge is 0.294 e. The summed E-state index contributed by atoms with van der Waals surface area (Å²) in [7, 11) is 3.20. The first-order chi connectivity index (χ1) is 20.1. The van der Waals surface area contributed by atoms with Crippen LogP contribution in [-0.4, -0.2) is 47.0 Å². The second-order valence-corrected chi connectivity index (χ2v) is 11.9. The van der Waals surface area contributed by atoms with Crippen LogP contribution in [0.25, 0.3) is 27.4 Å².